The molecule has 0 aromatic rings. The Labute approximate surface area is 334 Å². The maximum atomic E-state index is 12.7. The van der Waals surface area contributed by atoms with Gasteiger partial charge in [0.2, 0.25) is 0 Å². The number of ether oxygens (including phenoxy) is 3. The van der Waals surface area contributed by atoms with Gasteiger partial charge in [-0.2, -0.15) is 0 Å². The maximum absolute atomic E-state index is 12.7. The highest BCUT2D eigenvalue weighted by Crippen LogP contribution is 2.15. The van der Waals surface area contributed by atoms with E-state index >= 15 is 0 Å². The van der Waals surface area contributed by atoms with Crippen LogP contribution < -0.4 is 0 Å². The van der Waals surface area contributed by atoms with Crippen LogP contribution in [0.2, 0.25) is 0 Å². The zero-order valence-corrected chi connectivity index (χ0v) is 36.0. The first-order valence-corrected chi connectivity index (χ1v) is 23.3. The van der Waals surface area contributed by atoms with Gasteiger partial charge in [0.25, 0.3) is 0 Å². The highest BCUT2D eigenvalue weighted by Gasteiger charge is 2.19. The van der Waals surface area contributed by atoms with Gasteiger partial charge in [-0.25, -0.2) is 0 Å². The minimum Gasteiger partial charge on any atom is -0.462 e. The fraction of sp³-hybridized carbons (Fsp3) is 0.854. The average Bonchev–Trinajstić information content (AvgIpc) is 3.17. The summed E-state index contributed by atoms with van der Waals surface area (Å²) in [4.78, 5) is 37.7. The molecule has 54 heavy (non-hydrogen) atoms. The molecule has 0 saturated heterocycles. The first-order valence-electron chi connectivity index (χ1n) is 23.3. The Morgan fingerprint density at radius 3 is 1.00 bits per heavy atom. The Morgan fingerprint density at radius 2 is 0.630 bits per heavy atom. The quantitative estimate of drug-likeness (QED) is 0.0267. The molecule has 316 valence electrons. The van der Waals surface area contributed by atoms with Gasteiger partial charge in [0, 0.05) is 19.3 Å². The Kier molecular flexibility index (Phi) is 41.9. The largest absolute Gasteiger partial charge is 0.462 e. The lowest BCUT2D eigenvalue weighted by atomic mass is 10.0. The minimum absolute atomic E-state index is 0.0754. The number of rotatable bonds is 42. The molecule has 6 heteroatoms. The summed E-state index contributed by atoms with van der Waals surface area (Å²) in [6.45, 7) is 6.57. The molecule has 0 aromatic heterocycles. The molecule has 0 amide bonds. The summed E-state index contributed by atoms with van der Waals surface area (Å²) in [5.41, 5.74) is 0. The molecule has 0 bridgehead atoms. The normalized spacial score (nSPS) is 12.1. The van der Waals surface area contributed by atoms with Crippen molar-refractivity contribution < 1.29 is 28.6 Å². The molecule has 0 aromatic carbocycles. The van der Waals surface area contributed by atoms with Crippen LogP contribution in [0.25, 0.3) is 0 Å². The minimum atomic E-state index is -0.771. The van der Waals surface area contributed by atoms with E-state index in [1.54, 1.807) is 0 Å². The van der Waals surface area contributed by atoms with Gasteiger partial charge < -0.3 is 14.2 Å². The van der Waals surface area contributed by atoms with Crippen LogP contribution in [0.15, 0.2) is 24.3 Å². The molecule has 0 aliphatic carbocycles. The van der Waals surface area contributed by atoms with E-state index in [2.05, 4.69) is 45.1 Å². The topological polar surface area (TPSA) is 78.9 Å². The van der Waals surface area contributed by atoms with Gasteiger partial charge in [0.1, 0.15) is 13.2 Å². The van der Waals surface area contributed by atoms with E-state index in [-0.39, 0.29) is 31.1 Å². The van der Waals surface area contributed by atoms with Gasteiger partial charge in [0.05, 0.1) is 0 Å². The Balaban J connectivity index is 4.37. The van der Waals surface area contributed by atoms with E-state index in [4.69, 9.17) is 14.2 Å². The van der Waals surface area contributed by atoms with Crippen LogP contribution in [0.4, 0.5) is 0 Å². The molecule has 0 saturated carbocycles. The lowest BCUT2D eigenvalue weighted by Gasteiger charge is -2.18. The van der Waals surface area contributed by atoms with Gasteiger partial charge in [-0.15, -0.1) is 0 Å². The number of hydrogen-bond donors (Lipinski definition) is 0. The predicted molar refractivity (Wildman–Crippen MR) is 229 cm³/mol. The number of carbonyl (C=O) groups is 3. The molecular formula is C48H88O6. The molecule has 0 aliphatic heterocycles. The molecule has 0 radical (unpaired) electrons. The second kappa shape index (κ2) is 43.6. The van der Waals surface area contributed by atoms with Crippen LogP contribution >= 0.6 is 0 Å². The average molecular weight is 761 g/mol. The Bertz CT molecular complexity index is 880. The summed E-state index contributed by atoms with van der Waals surface area (Å²) in [5.74, 6) is -0.888. The van der Waals surface area contributed by atoms with Gasteiger partial charge in [-0.3, -0.25) is 14.4 Å². The van der Waals surface area contributed by atoms with Crippen LogP contribution in [0.3, 0.4) is 0 Å². The monoisotopic (exact) mass is 761 g/mol. The van der Waals surface area contributed by atoms with Crippen molar-refractivity contribution in [1.82, 2.24) is 0 Å². The van der Waals surface area contributed by atoms with Crippen molar-refractivity contribution in [3.63, 3.8) is 0 Å². The molecule has 0 spiro atoms. The fourth-order valence-electron chi connectivity index (χ4n) is 6.59. The van der Waals surface area contributed by atoms with E-state index in [1.807, 2.05) is 0 Å². The second-order valence-electron chi connectivity index (χ2n) is 15.7. The number of allylic oxidation sites excluding steroid dienone is 4. The third-order valence-corrected chi connectivity index (χ3v) is 10.2. The smallest absolute Gasteiger partial charge is 0.306 e. The fourth-order valence-corrected chi connectivity index (χ4v) is 6.59. The van der Waals surface area contributed by atoms with Gasteiger partial charge in [0.15, 0.2) is 6.10 Å². The van der Waals surface area contributed by atoms with Crippen molar-refractivity contribution in [2.24, 2.45) is 0 Å². The molecule has 1 unspecified atom stereocenters. The zero-order valence-electron chi connectivity index (χ0n) is 36.0. The summed E-state index contributed by atoms with van der Waals surface area (Å²) in [6.07, 6.45) is 47.2. The van der Waals surface area contributed by atoms with Gasteiger partial charge in [-0.05, 0) is 64.2 Å². The van der Waals surface area contributed by atoms with Crippen LogP contribution in [-0.2, 0) is 28.6 Å². The van der Waals surface area contributed by atoms with E-state index in [0.717, 1.165) is 70.6 Å². The summed E-state index contributed by atoms with van der Waals surface area (Å²) < 4.78 is 16.7. The summed E-state index contributed by atoms with van der Waals surface area (Å²) in [7, 11) is 0. The van der Waals surface area contributed by atoms with Crippen molar-refractivity contribution >= 4 is 17.9 Å². The zero-order chi connectivity index (χ0) is 39.4. The van der Waals surface area contributed by atoms with Crippen molar-refractivity contribution in [2.45, 2.75) is 252 Å². The number of unbranched alkanes of at least 4 members (excludes halogenated alkanes) is 27. The SMILES string of the molecule is CCCC/C=C\CCCCCCCC(=O)OCC(COC(=O)CCCCCCC/C=C\CCCCCC)OC(=O)CCCCCCCCCCCCCC. The highest BCUT2D eigenvalue weighted by atomic mass is 16.6. The molecule has 0 aliphatic rings. The van der Waals surface area contributed by atoms with Crippen LogP contribution in [-0.4, -0.2) is 37.2 Å². The van der Waals surface area contributed by atoms with E-state index in [1.165, 1.54) is 135 Å². The molecule has 0 N–H and O–H groups in total. The molecule has 6 nitrogen and oxygen atoms in total. The van der Waals surface area contributed by atoms with Crippen molar-refractivity contribution in [2.75, 3.05) is 13.2 Å². The molecule has 0 fully saturated rings. The number of esters is 3. The lowest BCUT2D eigenvalue weighted by molar-refractivity contribution is -0.167. The summed E-state index contributed by atoms with van der Waals surface area (Å²) in [6, 6.07) is 0. The maximum Gasteiger partial charge on any atom is 0.306 e. The molecule has 0 rings (SSSR count). The van der Waals surface area contributed by atoms with E-state index in [9.17, 15) is 14.4 Å². The van der Waals surface area contributed by atoms with Gasteiger partial charge in [-0.1, -0.05) is 186 Å². The first kappa shape index (κ1) is 51.9. The van der Waals surface area contributed by atoms with E-state index in [0.29, 0.717) is 19.3 Å². The lowest BCUT2D eigenvalue weighted by Crippen LogP contribution is -2.30. The summed E-state index contributed by atoms with van der Waals surface area (Å²) >= 11 is 0. The summed E-state index contributed by atoms with van der Waals surface area (Å²) in [5, 5.41) is 0. The predicted octanol–water partition coefficient (Wildman–Crippen LogP) is 14.8. The van der Waals surface area contributed by atoms with Crippen molar-refractivity contribution in [3.8, 4) is 0 Å². The molecular weight excluding hydrogens is 673 g/mol. The number of carbonyl (C=O) groups excluding carboxylic acids is 3. The third kappa shape index (κ3) is 41.1. The highest BCUT2D eigenvalue weighted by molar-refractivity contribution is 5.71. The first-order chi connectivity index (χ1) is 26.5. The second-order valence-corrected chi connectivity index (χ2v) is 15.7. The van der Waals surface area contributed by atoms with Crippen molar-refractivity contribution in [1.29, 1.82) is 0 Å². The standard InChI is InChI=1S/C48H88O6/c1-4-7-10-13-16-19-22-24-27-29-32-35-38-41-47(50)53-44-45(43-52-46(49)40-37-34-31-28-25-21-18-15-12-9-6-3)54-48(51)42-39-36-33-30-26-23-20-17-14-11-8-5-2/h15,18-19,22,45H,4-14,16-17,20-21,23-44H2,1-3H3/b18-15-,22-19-. The van der Waals surface area contributed by atoms with E-state index < -0.39 is 6.10 Å². The van der Waals surface area contributed by atoms with Crippen molar-refractivity contribution in [3.05, 3.63) is 24.3 Å². The van der Waals surface area contributed by atoms with Gasteiger partial charge >= 0.3 is 17.9 Å². The number of hydrogen-bond acceptors (Lipinski definition) is 6. The van der Waals surface area contributed by atoms with Crippen LogP contribution in [0, 0.1) is 0 Å². The van der Waals surface area contributed by atoms with Crippen LogP contribution in [0.5, 0.6) is 0 Å². The Hall–Kier alpha value is -2.11. The van der Waals surface area contributed by atoms with Crippen LogP contribution in [0.1, 0.15) is 245 Å². The molecule has 1 atom stereocenters. The third-order valence-electron chi connectivity index (χ3n) is 10.2. The molecule has 0 heterocycles. The Morgan fingerprint density at radius 1 is 0.352 bits per heavy atom.